The summed E-state index contributed by atoms with van der Waals surface area (Å²) in [7, 11) is 0. The highest BCUT2D eigenvalue weighted by atomic mass is 16.2. The third kappa shape index (κ3) is 1.62. The summed E-state index contributed by atoms with van der Waals surface area (Å²) in [6.45, 7) is 2.69. The minimum Gasteiger partial charge on any atom is -0.304 e. The van der Waals surface area contributed by atoms with Crippen LogP contribution in [-0.2, 0) is 6.54 Å². The van der Waals surface area contributed by atoms with E-state index in [1.807, 2.05) is 54.3 Å². The van der Waals surface area contributed by atoms with Crippen LogP contribution in [0, 0.1) is 6.92 Å². The van der Waals surface area contributed by atoms with Crippen molar-refractivity contribution in [2.45, 2.75) is 13.5 Å². The summed E-state index contributed by atoms with van der Waals surface area (Å²) < 4.78 is 0. The van der Waals surface area contributed by atoms with Crippen molar-refractivity contribution in [3.05, 3.63) is 65.2 Å². The number of hydrogen-bond acceptors (Lipinski definition) is 1. The number of para-hydroxylation sites is 1. The second-order valence-electron chi connectivity index (χ2n) is 4.39. The van der Waals surface area contributed by atoms with Crippen molar-refractivity contribution in [1.82, 2.24) is 0 Å². The zero-order valence-electron chi connectivity index (χ0n) is 9.68. The molecule has 0 saturated carbocycles. The molecule has 2 heteroatoms. The van der Waals surface area contributed by atoms with E-state index in [1.54, 1.807) is 0 Å². The smallest absolute Gasteiger partial charge is 0.258 e. The largest absolute Gasteiger partial charge is 0.304 e. The number of amides is 1. The Morgan fingerprint density at radius 1 is 1.06 bits per heavy atom. The van der Waals surface area contributed by atoms with Crippen molar-refractivity contribution in [1.29, 1.82) is 0 Å². The number of carbonyl (C=O) groups excluding carboxylic acids is 1. The zero-order valence-corrected chi connectivity index (χ0v) is 9.68. The van der Waals surface area contributed by atoms with Gasteiger partial charge in [0.1, 0.15) is 0 Å². The molecule has 2 aromatic rings. The second-order valence-corrected chi connectivity index (χ2v) is 4.39. The molecular weight excluding hydrogens is 210 g/mol. The maximum absolute atomic E-state index is 12.3. The third-order valence-corrected chi connectivity index (χ3v) is 3.14. The van der Waals surface area contributed by atoms with Gasteiger partial charge >= 0.3 is 0 Å². The highest BCUT2D eigenvalue weighted by Gasteiger charge is 2.27. The molecule has 1 aliphatic rings. The summed E-state index contributed by atoms with van der Waals surface area (Å²) in [6, 6.07) is 15.9. The average Bonchev–Trinajstić information content (AvgIpc) is 2.68. The first-order chi connectivity index (χ1) is 8.25. The molecule has 0 N–H and O–H groups in total. The van der Waals surface area contributed by atoms with E-state index in [0.29, 0.717) is 6.54 Å². The monoisotopic (exact) mass is 223 g/mol. The van der Waals surface area contributed by atoms with Gasteiger partial charge in [-0.1, -0.05) is 35.9 Å². The lowest BCUT2D eigenvalue weighted by Crippen LogP contribution is -2.22. The number of nitrogens with zero attached hydrogens (tertiary/aromatic N) is 1. The van der Waals surface area contributed by atoms with Gasteiger partial charge in [0.2, 0.25) is 0 Å². The summed E-state index contributed by atoms with van der Waals surface area (Å²) in [6.07, 6.45) is 0. The van der Waals surface area contributed by atoms with Crippen molar-refractivity contribution in [3.8, 4) is 0 Å². The van der Waals surface area contributed by atoms with Crippen LogP contribution in [0.4, 0.5) is 5.69 Å². The van der Waals surface area contributed by atoms with Crippen LogP contribution in [0.1, 0.15) is 21.5 Å². The number of benzene rings is 2. The van der Waals surface area contributed by atoms with Crippen molar-refractivity contribution < 1.29 is 4.79 Å². The number of anilines is 1. The minimum atomic E-state index is 0.106. The molecule has 0 radical (unpaired) electrons. The van der Waals surface area contributed by atoms with Gasteiger partial charge in [-0.2, -0.15) is 0 Å². The summed E-state index contributed by atoms with van der Waals surface area (Å²) >= 11 is 0. The number of carbonyl (C=O) groups is 1. The molecule has 17 heavy (non-hydrogen) atoms. The van der Waals surface area contributed by atoms with Gasteiger partial charge < -0.3 is 4.90 Å². The Morgan fingerprint density at radius 3 is 2.59 bits per heavy atom. The summed E-state index contributed by atoms with van der Waals surface area (Å²) in [5, 5.41) is 0. The fourth-order valence-electron chi connectivity index (χ4n) is 2.23. The van der Waals surface area contributed by atoms with Crippen molar-refractivity contribution in [3.63, 3.8) is 0 Å². The Labute approximate surface area is 100 Å². The van der Waals surface area contributed by atoms with Crippen LogP contribution in [0.3, 0.4) is 0 Å². The Balaban J connectivity index is 2.02. The van der Waals surface area contributed by atoms with Crippen molar-refractivity contribution in [2.75, 3.05) is 4.90 Å². The van der Waals surface area contributed by atoms with E-state index in [-0.39, 0.29) is 5.91 Å². The van der Waals surface area contributed by atoms with Crippen LogP contribution in [0.25, 0.3) is 0 Å². The molecule has 1 heterocycles. The average molecular weight is 223 g/mol. The lowest BCUT2D eigenvalue weighted by molar-refractivity contribution is 0.0996. The molecule has 0 spiro atoms. The first-order valence-corrected chi connectivity index (χ1v) is 5.72. The molecule has 0 aromatic heterocycles. The molecule has 1 amide bonds. The maximum atomic E-state index is 12.3. The topological polar surface area (TPSA) is 20.3 Å². The third-order valence-electron chi connectivity index (χ3n) is 3.14. The molecule has 0 aliphatic carbocycles. The van der Waals surface area contributed by atoms with E-state index < -0.39 is 0 Å². The van der Waals surface area contributed by atoms with Crippen LogP contribution in [0.2, 0.25) is 0 Å². The fourth-order valence-corrected chi connectivity index (χ4v) is 2.23. The molecule has 2 nitrogen and oxygen atoms in total. The summed E-state index contributed by atoms with van der Waals surface area (Å²) in [5.74, 6) is 0.106. The van der Waals surface area contributed by atoms with Crippen LogP contribution in [0.5, 0.6) is 0 Å². The minimum absolute atomic E-state index is 0.106. The van der Waals surface area contributed by atoms with Gasteiger partial charge in [-0.15, -0.1) is 0 Å². The summed E-state index contributed by atoms with van der Waals surface area (Å²) in [5.41, 5.74) is 4.05. The highest BCUT2D eigenvalue weighted by molar-refractivity contribution is 6.10. The van der Waals surface area contributed by atoms with Gasteiger partial charge in [0.25, 0.3) is 5.91 Å². The SMILES string of the molecule is Cc1ccc2c(c1)C(=O)N(c1ccccc1)C2. The van der Waals surface area contributed by atoms with Gasteiger partial charge in [0.05, 0.1) is 6.54 Å². The summed E-state index contributed by atoms with van der Waals surface area (Å²) in [4.78, 5) is 14.1. The number of fused-ring (bicyclic) bond motifs is 1. The fraction of sp³-hybridized carbons (Fsp3) is 0.133. The molecule has 2 aromatic carbocycles. The van der Waals surface area contributed by atoms with Crippen molar-refractivity contribution >= 4 is 11.6 Å². The number of aryl methyl sites for hydroxylation is 1. The Hall–Kier alpha value is -2.09. The first kappa shape index (κ1) is 10.1. The maximum Gasteiger partial charge on any atom is 0.258 e. The van der Waals surface area contributed by atoms with E-state index in [0.717, 1.165) is 22.4 Å². The number of rotatable bonds is 1. The van der Waals surface area contributed by atoms with Crippen LogP contribution >= 0.6 is 0 Å². The van der Waals surface area contributed by atoms with Crippen LogP contribution < -0.4 is 4.90 Å². The van der Waals surface area contributed by atoms with Gasteiger partial charge in [-0.05, 0) is 30.7 Å². The standard InChI is InChI=1S/C15H13NO/c1-11-7-8-12-10-16(15(17)14(12)9-11)13-5-3-2-4-6-13/h2-9H,10H2,1H3. The van der Waals surface area contributed by atoms with E-state index in [9.17, 15) is 4.79 Å². The lowest BCUT2D eigenvalue weighted by atomic mass is 10.1. The Bertz CT molecular complexity index is 575. The first-order valence-electron chi connectivity index (χ1n) is 5.72. The molecule has 0 saturated heterocycles. The van der Waals surface area contributed by atoms with Crippen LogP contribution in [-0.4, -0.2) is 5.91 Å². The predicted molar refractivity (Wildman–Crippen MR) is 68.1 cm³/mol. The number of hydrogen-bond donors (Lipinski definition) is 0. The van der Waals surface area contributed by atoms with Crippen molar-refractivity contribution in [2.24, 2.45) is 0 Å². The van der Waals surface area contributed by atoms with Gasteiger partial charge in [0, 0.05) is 11.3 Å². The molecular formula is C15H13NO. The van der Waals surface area contributed by atoms with Gasteiger partial charge in [-0.25, -0.2) is 0 Å². The highest BCUT2D eigenvalue weighted by Crippen LogP contribution is 2.28. The normalized spacial score (nSPS) is 13.9. The molecule has 0 atom stereocenters. The van der Waals surface area contributed by atoms with Crippen LogP contribution in [0.15, 0.2) is 48.5 Å². The molecule has 0 fully saturated rings. The Morgan fingerprint density at radius 2 is 1.82 bits per heavy atom. The molecule has 84 valence electrons. The van der Waals surface area contributed by atoms with E-state index in [2.05, 4.69) is 6.07 Å². The lowest BCUT2D eigenvalue weighted by Gasteiger charge is -2.15. The van der Waals surface area contributed by atoms with E-state index in [4.69, 9.17) is 0 Å². The van der Waals surface area contributed by atoms with E-state index >= 15 is 0 Å². The second kappa shape index (κ2) is 3.74. The van der Waals surface area contributed by atoms with E-state index in [1.165, 1.54) is 0 Å². The van der Waals surface area contributed by atoms with Gasteiger partial charge in [0.15, 0.2) is 0 Å². The Kier molecular flexibility index (Phi) is 2.22. The van der Waals surface area contributed by atoms with Gasteiger partial charge in [-0.3, -0.25) is 4.79 Å². The molecule has 3 rings (SSSR count). The predicted octanol–water partition coefficient (Wildman–Crippen LogP) is 3.16. The molecule has 1 aliphatic heterocycles. The molecule has 0 unspecified atom stereocenters. The quantitative estimate of drug-likeness (QED) is 0.727. The zero-order chi connectivity index (χ0) is 11.8. The molecule has 0 bridgehead atoms.